The minimum absolute atomic E-state index is 0.0995. The summed E-state index contributed by atoms with van der Waals surface area (Å²) in [6, 6.07) is 0. The first-order valence-electron chi connectivity index (χ1n) is 3.77. The number of rotatable bonds is 3. The van der Waals surface area contributed by atoms with Crippen LogP contribution >= 0.6 is 0 Å². The summed E-state index contributed by atoms with van der Waals surface area (Å²) >= 11 is 0. The zero-order valence-electron chi connectivity index (χ0n) is 6.68. The maximum atomic E-state index is 11.2. The van der Waals surface area contributed by atoms with Crippen molar-refractivity contribution in [2.24, 2.45) is 5.10 Å². The second kappa shape index (κ2) is 3.32. The molecule has 0 aromatic rings. The van der Waals surface area contributed by atoms with Crippen molar-refractivity contribution in [2.75, 3.05) is 6.54 Å². The van der Waals surface area contributed by atoms with E-state index in [1.54, 1.807) is 0 Å². The fraction of sp³-hybridized carbons (Fsp3) is 0.500. The number of hydrogen-bond acceptors (Lipinski definition) is 3. The third kappa shape index (κ3) is 1.67. The first-order chi connectivity index (χ1) is 5.25. The van der Waals surface area contributed by atoms with E-state index in [1.165, 1.54) is 0 Å². The molecule has 0 spiro atoms. The Balaban J connectivity index is 2.60. The molecule has 0 fully saturated rings. The van der Waals surface area contributed by atoms with Crippen LogP contribution in [0.1, 0.15) is 19.8 Å². The fourth-order valence-electron chi connectivity index (χ4n) is 0.982. The summed E-state index contributed by atoms with van der Waals surface area (Å²) in [5, 5.41) is 3.85. The zero-order valence-corrected chi connectivity index (χ0v) is 6.68. The van der Waals surface area contributed by atoms with E-state index in [-0.39, 0.29) is 5.78 Å². The lowest BCUT2D eigenvalue weighted by Crippen LogP contribution is -2.13. The quantitative estimate of drug-likeness (QED) is 0.652. The molecule has 1 aliphatic heterocycles. The van der Waals surface area contributed by atoms with Crippen LogP contribution in [0.5, 0.6) is 0 Å². The normalized spacial score (nSPS) is 16.1. The Labute approximate surface area is 66.2 Å². The third-order valence-corrected chi connectivity index (χ3v) is 1.56. The zero-order chi connectivity index (χ0) is 8.27. The van der Waals surface area contributed by atoms with Crippen LogP contribution in [-0.2, 0) is 4.79 Å². The predicted molar refractivity (Wildman–Crippen MR) is 44.5 cm³/mol. The number of ketones is 1. The van der Waals surface area contributed by atoms with Gasteiger partial charge < -0.3 is 5.43 Å². The molecule has 3 nitrogen and oxygen atoms in total. The number of nitrogens with one attached hydrogen (secondary N) is 1. The smallest absolute Gasteiger partial charge is 0.183 e. The molecule has 11 heavy (non-hydrogen) atoms. The molecule has 0 unspecified atom stereocenters. The highest BCUT2D eigenvalue weighted by molar-refractivity contribution is 6.46. The summed E-state index contributed by atoms with van der Waals surface area (Å²) in [6.07, 6.45) is 1.44. The summed E-state index contributed by atoms with van der Waals surface area (Å²) < 4.78 is 0. The van der Waals surface area contributed by atoms with Crippen molar-refractivity contribution >= 4 is 11.5 Å². The molecule has 1 rings (SSSR count). The van der Waals surface area contributed by atoms with Gasteiger partial charge in [-0.2, -0.15) is 5.10 Å². The second-order valence-corrected chi connectivity index (χ2v) is 2.57. The van der Waals surface area contributed by atoms with E-state index in [0.29, 0.717) is 18.7 Å². The number of nitrogens with zero attached hydrogens (tertiary/aromatic N) is 1. The molecule has 0 bridgehead atoms. The van der Waals surface area contributed by atoms with Crippen LogP contribution in [0.2, 0.25) is 0 Å². The van der Waals surface area contributed by atoms with E-state index >= 15 is 0 Å². The fourth-order valence-corrected chi connectivity index (χ4v) is 0.982. The molecule has 60 valence electrons. The van der Waals surface area contributed by atoms with Gasteiger partial charge >= 0.3 is 0 Å². The third-order valence-electron chi connectivity index (χ3n) is 1.56. The molecule has 0 atom stereocenters. The molecule has 1 aliphatic rings. The maximum Gasteiger partial charge on any atom is 0.183 e. The average Bonchev–Trinajstić information content (AvgIpc) is 2.36. The Morgan fingerprint density at radius 2 is 2.55 bits per heavy atom. The van der Waals surface area contributed by atoms with Gasteiger partial charge in [-0.3, -0.25) is 4.79 Å². The molecule has 1 N–H and O–H groups in total. The largest absolute Gasteiger partial charge is 0.305 e. The van der Waals surface area contributed by atoms with E-state index in [0.717, 1.165) is 12.0 Å². The van der Waals surface area contributed by atoms with Gasteiger partial charge in [-0.15, -0.1) is 0 Å². The first kappa shape index (κ1) is 7.98. The predicted octanol–water partition coefficient (Wildman–Crippen LogP) is 0.871. The molecule has 0 aromatic carbocycles. The Morgan fingerprint density at radius 3 is 3.00 bits per heavy atom. The van der Waals surface area contributed by atoms with E-state index in [4.69, 9.17) is 0 Å². The standard InChI is InChI=1S/C8H12N2O/c1-3-4-7(11)8-6(2)5-9-10-8/h9H,2-5H2,1H3. The summed E-state index contributed by atoms with van der Waals surface area (Å²) in [7, 11) is 0. The Bertz CT molecular complexity index is 218. The molecule has 1 heterocycles. The minimum atomic E-state index is 0.0995. The number of hydrazone groups is 1. The van der Waals surface area contributed by atoms with Gasteiger partial charge in [0.2, 0.25) is 0 Å². The number of carbonyl (C=O) groups is 1. The summed E-state index contributed by atoms with van der Waals surface area (Å²) in [4.78, 5) is 11.2. The van der Waals surface area contributed by atoms with Crippen molar-refractivity contribution in [3.05, 3.63) is 12.2 Å². The highest BCUT2D eigenvalue weighted by Gasteiger charge is 2.17. The van der Waals surface area contributed by atoms with E-state index in [9.17, 15) is 4.79 Å². The Kier molecular flexibility index (Phi) is 2.41. The topological polar surface area (TPSA) is 41.5 Å². The van der Waals surface area contributed by atoms with Crippen molar-refractivity contribution in [3.8, 4) is 0 Å². The summed E-state index contributed by atoms with van der Waals surface area (Å²) in [6.45, 7) is 6.32. The lowest BCUT2D eigenvalue weighted by molar-refractivity contribution is -0.112. The van der Waals surface area contributed by atoms with Gasteiger partial charge in [-0.05, 0) is 12.0 Å². The SMILES string of the molecule is C=C1CNN=C1C(=O)CCC. The van der Waals surface area contributed by atoms with Crippen molar-refractivity contribution in [2.45, 2.75) is 19.8 Å². The molecule has 0 saturated heterocycles. The van der Waals surface area contributed by atoms with Crippen molar-refractivity contribution in [1.29, 1.82) is 0 Å². The molecule has 0 aliphatic carbocycles. The number of hydrogen-bond donors (Lipinski definition) is 1. The van der Waals surface area contributed by atoms with Gasteiger partial charge in [0.05, 0.1) is 6.54 Å². The summed E-state index contributed by atoms with van der Waals surface area (Å²) in [5.74, 6) is 0.0995. The van der Waals surface area contributed by atoms with Crippen LogP contribution in [0, 0.1) is 0 Å². The number of Topliss-reactive ketones (excluding diaryl/α,β-unsaturated/α-hetero) is 1. The van der Waals surface area contributed by atoms with Gasteiger partial charge in [0.1, 0.15) is 5.71 Å². The van der Waals surface area contributed by atoms with Gasteiger partial charge in [0.25, 0.3) is 0 Å². The highest BCUT2D eigenvalue weighted by Crippen LogP contribution is 2.04. The molecule has 0 saturated carbocycles. The van der Waals surface area contributed by atoms with Crippen LogP contribution in [-0.4, -0.2) is 18.0 Å². The molecule has 0 radical (unpaired) electrons. The second-order valence-electron chi connectivity index (χ2n) is 2.57. The van der Waals surface area contributed by atoms with Crippen molar-refractivity contribution < 1.29 is 4.79 Å². The van der Waals surface area contributed by atoms with Crippen molar-refractivity contribution in [1.82, 2.24) is 5.43 Å². The Hall–Kier alpha value is -1.12. The van der Waals surface area contributed by atoms with Crippen LogP contribution in [0.3, 0.4) is 0 Å². The van der Waals surface area contributed by atoms with Gasteiger partial charge in [-0.25, -0.2) is 0 Å². The minimum Gasteiger partial charge on any atom is -0.305 e. The van der Waals surface area contributed by atoms with Crippen LogP contribution in [0.15, 0.2) is 17.3 Å². The average molecular weight is 152 g/mol. The molecule has 0 amide bonds. The van der Waals surface area contributed by atoms with Crippen LogP contribution in [0.25, 0.3) is 0 Å². The molecule has 0 aromatic heterocycles. The molecule has 3 heteroatoms. The first-order valence-corrected chi connectivity index (χ1v) is 3.77. The van der Waals surface area contributed by atoms with E-state index in [1.807, 2.05) is 6.92 Å². The summed E-state index contributed by atoms with van der Waals surface area (Å²) in [5.41, 5.74) is 4.07. The highest BCUT2D eigenvalue weighted by atomic mass is 16.1. The van der Waals surface area contributed by atoms with E-state index < -0.39 is 0 Å². The maximum absolute atomic E-state index is 11.2. The number of carbonyl (C=O) groups excluding carboxylic acids is 1. The van der Waals surface area contributed by atoms with Gasteiger partial charge in [-0.1, -0.05) is 13.5 Å². The molecular formula is C8H12N2O. The lowest BCUT2D eigenvalue weighted by Gasteiger charge is -1.96. The van der Waals surface area contributed by atoms with Crippen LogP contribution < -0.4 is 5.43 Å². The van der Waals surface area contributed by atoms with Gasteiger partial charge in [0.15, 0.2) is 5.78 Å². The van der Waals surface area contributed by atoms with Gasteiger partial charge in [0, 0.05) is 6.42 Å². The lowest BCUT2D eigenvalue weighted by atomic mass is 10.1. The Morgan fingerprint density at radius 1 is 1.82 bits per heavy atom. The van der Waals surface area contributed by atoms with Crippen LogP contribution in [0.4, 0.5) is 0 Å². The monoisotopic (exact) mass is 152 g/mol. The van der Waals surface area contributed by atoms with Crippen molar-refractivity contribution in [3.63, 3.8) is 0 Å². The van der Waals surface area contributed by atoms with E-state index in [2.05, 4.69) is 17.1 Å². The molecular weight excluding hydrogens is 140 g/mol.